The number of benzene rings is 1. The van der Waals surface area contributed by atoms with Crippen molar-refractivity contribution in [3.05, 3.63) is 34.7 Å². The third kappa shape index (κ3) is 2.69. The van der Waals surface area contributed by atoms with Crippen LogP contribution in [-0.2, 0) is 0 Å². The van der Waals surface area contributed by atoms with E-state index < -0.39 is 0 Å². The summed E-state index contributed by atoms with van der Waals surface area (Å²) in [4.78, 5) is 1.48. The topological polar surface area (TPSA) is 15.3 Å². The first-order valence-electron chi connectivity index (χ1n) is 7.25. The van der Waals surface area contributed by atoms with E-state index in [1.54, 1.807) is 0 Å². The maximum Gasteiger partial charge on any atom is 0.0532 e. The molecule has 0 bridgehead atoms. The Labute approximate surface area is 119 Å². The first-order valence-corrected chi connectivity index (χ1v) is 8.06. The molecular formula is C16H22N2S. The first kappa shape index (κ1) is 13.1. The van der Waals surface area contributed by atoms with Gasteiger partial charge in [-0.05, 0) is 43.7 Å². The van der Waals surface area contributed by atoms with Gasteiger partial charge in [0.2, 0.25) is 0 Å². The molecule has 19 heavy (non-hydrogen) atoms. The molecule has 1 unspecified atom stereocenters. The van der Waals surface area contributed by atoms with Crippen molar-refractivity contribution < 1.29 is 0 Å². The molecule has 1 aromatic heterocycles. The molecule has 0 radical (unpaired) electrons. The summed E-state index contributed by atoms with van der Waals surface area (Å²) in [6, 6.07) is 9.14. The van der Waals surface area contributed by atoms with Crippen LogP contribution in [0, 0.1) is 6.92 Å². The fraction of sp³-hybridized carbons (Fsp3) is 0.500. The van der Waals surface area contributed by atoms with Gasteiger partial charge in [-0.3, -0.25) is 0 Å². The van der Waals surface area contributed by atoms with Crippen molar-refractivity contribution in [1.29, 1.82) is 0 Å². The van der Waals surface area contributed by atoms with Crippen LogP contribution in [0.5, 0.6) is 0 Å². The standard InChI is InChI=1S/C16H22N2S/c1-12-14-8-4-5-9-15(14)19-16(12)13(2)17-18-10-6-3-7-11-18/h4-5,8-9,13,17H,3,6-7,10-11H2,1-2H3. The van der Waals surface area contributed by atoms with Gasteiger partial charge in [0, 0.05) is 22.7 Å². The number of rotatable bonds is 3. The molecule has 0 aliphatic carbocycles. The van der Waals surface area contributed by atoms with Crippen LogP contribution in [0.2, 0.25) is 0 Å². The number of hydrazine groups is 1. The van der Waals surface area contributed by atoms with E-state index in [-0.39, 0.29) is 0 Å². The monoisotopic (exact) mass is 274 g/mol. The van der Waals surface area contributed by atoms with Crippen LogP contribution >= 0.6 is 11.3 Å². The maximum atomic E-state index is 3.68. The van der Waals surface area contributed by atoms with Gasteiger partial charge in [0.05, 0.1) is 6.04 Å². The van der Waals surface area contributed by atoms with Crippen LogP contribution in [0.25, 0.3) is 10.1 Å². The number of hydrogen-bond donors (Lipinski definition) is 1. The molecule has 1 aliphatic rings. The van der Waals surface area contributed by atoms with Crippen LogP contribution in [0.1, 0.15) is 42.7 Å². The second-order valence-corrected chi connectivity index (χ2v) is 6.57. The molecule has 3 heteroatoms. The molecule has 1 aromatic carbocycles. The van der Waals surface area contributed by atoms with Crippen molar-refractivity contribution in [2.24, 2.45) is 0 Å². The van der Waals surface area contributed by atoms with Gasteiger partial charge in [-0.2, -0.15) is 0 Å². The molecule has 102 valence electrons. The fourth-order valence-corrected chi connectivity index (χ4v) is 4.17. The minimum Gasteiger partial charge on any atom is -0.247 e. The molecule has 1 atom stereocenters. The van der Waals surface area contributed by atoms with Crippen molar-refractivity contribution in [3.63, 3.8) is 0 Å². The average Bonchev–Trinajstić information content (AvgIpc) is 2.78. The van der Waals surface area contributed by atoms with Crippen molar-refractivity contribution in [1.82, 2.24) is 10.4 Å². The largest absolute Gasteiger partial charge is 0.247 e. The van der Waals surface area contributed by atoms with E-state index in [0.29, 0.717) is 6.04 Å². The van der Waals surface area contributed by atoms with Crippen LogP contribution in [-0.4, -0.2) is 18.1 Å². The number of nitrogens with one attached hydrogen (secondary N) is 1. The van der Waals surface area contributed by atoms with Gasteiger partial charge in [0.15, 0.2) is 0 Å². The predicted molar refractivity (Wildman–Crippen MR) is 83.5 cm³/mol. The molecule has 2 nitrogen and oxygen atoms in total. The van der Waals surface area contributed by atoms with Crippen LogP contribution in [0.3, 0.4) is 0 Å². The molecule has 1 aliphatic heterocycles. The number of nitrogens with zero attached hydrogens (tertiary/aromatic N) is 1. The molecule has 1 N–H and O–H groups in total. The Bertz CT molecular complexity index is 555. The molecule has 0 spiro atoms. The Morgan fingerprint density at radius 1 is 1.16 bits per heavy atom. The lowest BCUT2D eigenvalue weighted by molar-refractivity contribution is 0.134. The molecule has 1 fully saturated rings. The number of thiophene rings is 1. The van der Waals surface area contributed by atoms with Gasteiger partial charge in [0.1, 0.15) is 0 Å². The third-order valence-corrected chi connectivity index (χ3v) is 5.46. The second kappa shape index (κ2) is 5.61. The quantitative estimate of drug-likeness (QED) is 0.899. The summed E-state index contributed by atoms with van der Waals surface area (Å²) in [5, 5.41) is 3.81. The number of hydrogen-bond acceptors (Lipinski definition) is 3. The lowest BCUT2D eigenvalue weighted by atomic mass is 10.1. The highest BCUT2D eigenvalue weighted by molar-refractivity contribution is 7.19. The Hall–Kier alpha value is -0.900. The summed E-state index contributed by atoms with van der Waals surface area (Å²) in [5.74, 6) is 0. The average molecular weight is 274 g/mol. The number of fused-ring (bicyclic) bond motifs is 1. The minimum atomic E-state index is 0.412. The second-order valence-electron chi connectivity index (χ2n) is 5.49. The summed E-state index contributed by atoms with van der Waals surface area (Å²) < 4.78 is 1.40. The third-order valence-electron chi connectivity index (χ3n) is 4.01. The molecule has 0 amide bonds. The maximum absolute atomic E-state index is 3.68. The van der Waals surface area contributed by atoms with E-state index in [1.807, 2.05) is 11.3 Å². The van der Waals surface area contributed by atoms with Crippen molar-refractivity contribution in [2.45, 2.75) is 39.2 Å². The molecule has 3 rings (SSSR count). The van der Waals surface area contributed by atoms with E-state index in [1.165, 1.54) is 52.9 Å². The highest BCUT2D eigenvalue weighted by Gasteiger charge is 2.17. The SMILES string of the molecule is Cc1c(C(C)NN2CCCCC2)sc2ccccc12. The Morgan fingerprint density at radius 3 is 2.63 bits per heavy atom. The molecular weight excluding hydrogens is 252 g/mol. The van der Waals surface area contributed by atoms with Crippen molar-refractivity contribution >= 4 is 21.4 Å². The van der Waals surface area contributed by atoms with Crippen molar-refractivity contribution in [3.8, 4) is 0 Å². The Morgan fingerprint density at radius 2 is 1.89 bits per heavy atom. The summed E-state index contributed by atoms with van der Waals surface area (Å²) in [5.41, 5.74) is 5.12. The van der Waals surface area contributed by atoms with Gasteiger partial charge in [0.25, 0.3) is 0 Å². The molecule has 2 heterocycles. The van der Waals surface area contributed by atoms with Gasteiger partial charge >= 0.3 is 0 Å². The van der Waals surface area contributed by atoms with E-state index in [4.69, 9.17) is 0 Å². The predicted octanol–water partition coefficient (Wildman–Crippen LogP) is 4.26. The summed E-state index contributed by atoms with van der Waals surface area (Å²) in [7, 11) is 0. The number of piperidine rings is 1. The minimum absolute atomic E-state index is 0.412. The summed E-state index contributed by atoms with van der Waals surface area (Å²) in [6.07, 6.45) is 4.03. The summed E-state index contributed by atoms with van der Waals surface area (Å²) >= 11 is 1.93. The van der Waals surface area contributed by atoms with Gasteiger partial charge in [-0.15, -0.1) is 11.3 Å². The zero-order valence-electron chi connectivity index (χ0n) is 11.8. The van der Waals surface area contributed by atoms with Gasteiger partial charge in [-0.1, -0.05) is 24.6 Å². The molecule has 2 aromatic rings. The normalized spacial score (nSPS) is 18.8. The lowest BCUT2D eigenvalue weighted by Crippen LogP contribution is -2.42. The van der Waals surface area contributed by atoms with Crippen molar-refractivity contribution in [2.75, 3.05) is 13.1 Å². The lowest BCUT2D eigenvalue weighted by Gasteiger charge is -2.30. The van der Waals surface area contributed by atoms with E-state index in [0.717, 1.165) is 0 Å². The van der Waals surface area contributed by atoms with E-state index >= 15 is 0 Å². The zero-order chi connectivity index (χ0) is 13.2. The van der Waals surface area contributed by atoms with Crippen LogP contribution in [0.15, 0.2) is 24.3 Å². The van der Waals surface area contributed by atoms with Gasteiger partial charge < -0.3 is 0 Å². The van der Waals surface area contributed by atoms with Gasteiger partial charge in [-0.25, -0.2) is 10.4 Å². The van der Waals surface area contributed by atoms with E-state index in [2.05, 4.69) is 48.5 Å². The van der Waals surface area contributed by atoms with Crippen LogP contribution in [0.4, 0.5) is 0 Å². The highest BCUT2D eigenvalue weighted by Crippen LogP contribution is 2.34. The zero-order valence-corrected chi connectivity index (χ0v) is 12.6. The Kier molecular flexibility index (Phi) is 3.87. The highest BCUT2D eigenvalue weighted by atomic mass is 32.1. The fourth-order valence-electron chi connectivity index (χ4n) is 2.96. The van der Waals surface area contributed by atoms with E-state index in [9.17, 15) is 0 Å². The smallest absolute Gasteiger partial charge is 0.0532 e. The summed E-state index contributed by atoms with van der Waals surface area (Å²) in [6.45, 7) is 6.91. The Balaban J connectivity index is 1.80. The first-order chi connectivity index (χ1) is 9.25. The van der Waals surface area contributed by atoms with Crippen LogP contribution < -0.4 is 5.43 Å². The molecule has 1 saturated heterocycles. The molecule has 0 saturated carbocycles. The number of aryl methyl sites for hydroxylation is 1.